The van der Waals surface area contributed by atoms with E-state index in [1.807, 2.05) is 61.5 Å². The predicted molar refractivity (Wildman–Crippen MR) is 252 cm³/mol. The van der Waals surface area contributed by atoms with Crippen molar-refractivity contribution in [1.29, 1.82) is 0 Å². The highest BCUT2D eigenvalue weighted by Crippen LogP contribution is 2.45. The molecule has 6 heterocycles. The van der Waals surface area contributed by atoms with E-state index in [9.17, 15) is 19.2 Å². The van der Waals surface area contributed by atoms with Crippen molar-refractivity contribution in [2.75, 3.05) is 27.3 Å². The van der Waals surface area contributed by atoms with Gasteiger partial charge in [0.25, 0.3) is 5.91 Å². The largest absolute Gasteiger partial charge is 0.453 e. The number of hydrogen-bond donors (Lipinski definition) is 4. The molecule has 3 aromatic carbocycles. The minimum absolute atomic E-state index is 0.105. The number of aromatic nitrogens is 4. The molecule has 0 saturated carbocycles. The third kappa shape index (κ3) is 8.75. The summed E-state index contributed by atoms with van der Waals surface area (Å²) < 4.78 is 12.1. The second kappa shape index (κ2) is 18.7. The predicted octanol–water partition coefficient (Wildman–Crippen LogP) is 9.88. The standard InChI is InChI=1S/C49H50N8O6S2/c1-28(2)40(54-48(60)62-3)46(58)56-22-8-12-38(56)44-50-24-36(52-44)31-18-14-29(15-19-31)34-26-64-43-35(27-65-42(34)43)30-16-20-32(21-17-30)37-25-51-45(53-37)39-13-9-23-57(39)47(59)41(55-49(61)63-4)33-10-6-5-7-11-33/h5-7,10-11,14-21,24-28,38-41H,8-9,12-13,22-23H2,1-4H3,(H,50,52)(H,51,53)(H,54,60)(H,55,61)/t38-,39?,40-,41+/m0/s1. The molecule has 334 valence electrons. The van der Waals surface area contributed by atoms with Crippen LogP contribution >= 0.6 is 22.7 Å². The summed E-state index contributed by atoms with van der Waals surface area (Å²) in [5.41, 5.74) is 9.04. The molecule has 9 rings (SSSR count). The molecule has 0 radical (unpaired) electrons. The van der Waals surface area contributed by atoms with Crippen molar-refractivity contribution in [2.45, 2.75) is 63.7 Å². The number of aromatic amines is 2. The fraction of sp³-hybridized carbons (Fsp3) is 0.306. The summed E-state index contributed by atoms with van der Waals surface area (Å²) in [5.74, 6) is 1.000. The maximum atomic E-state index is 14.0. The molecule has 0 spiro atoms. The van der Waals surface area contributed by atoms with E-state index in [-0.39, 0.29) is 29.8 Å². The Labute approximate surface area is 384 Å². The third-order valence-corrected chi connectivity index (χ3v) is 14.6. The van der Waals surface area contributed by atoms with Crippen LogP contribution in [-0.4, -0.2) is 87.1 Å². The van der Waals surface area contributed by atoms with E-state index in [0.29, 0.717) is 24.5 Å². The highest BCUT2D eigenvalue weighted by Gasteiger charge is 2.39. The molecule has 14 nitrogen and oxygen atoms in total. The molecule has 4 N–H and O–H groups in total. The molecular formula is C49H50N8O6S2. The van der Waals surface area contributed by atoms with Gasteiger partial charge < -0.3 is 39.9 Å². The number of benzene rings is 3. The van der Waals surface area contributed by atoms with Crippen LogP contribution in [0.2, 0.25) is 0 Å². The molecule has 4 aromatic heterocycles. The summed E-state index contributed by atoms with van der Waals surface area (Å²) in [6.45, 7) is 4.97. The van der Waals surface area contributed by atoms with Gasteiger partial charge in [0.1, 0.15) is 23.7 Å². The van der Waals surface area contributed by atoms with Crippen molar-refractivity contribution >= 4 is 56.1 Å². The average Bonchev–Trinajstić information content (AvgIpc) is 4.20. The van der Waals surface area contributed by atoms with Crippen LogP contribution in [0.25, 0.3) is 54.2 Å². The number of nitrogens with zero attached hydrogens (tertiary/aromatic N) is 4. The Bertz CT molecular complexity index is 2810. The van der Waals surface area contributed by atoms with E-state index in [1.165, 1.54) is 34.7 Å². The number of H-pyrrole nitrogens is 2. The van der Waals surface area contributed by atoms with E-state index in [2.05, 4.69) is 79.9 Å². The zero-order chi connectivity index (χ0) is 45.2. The minimum atomic E-state index is -0.878. The normalized spacial score (nSPS) is 17.1. The van der Waals surface area contributed by atoms with Crippen LogP contribution in [0.3, 0.4) is 0 Å². The SMILES string of the molecule is COC(=O)N[C@H](C(=O)N1CCC[C@H]1c1ncc(-c2ccc(-c3csc4c(-c5ccc(-c6cnc(C7CCCN7C(=O)[C@H](NC(=O)OC)c7ccccc7)[nH]6)cc5)csc34)cc2)[nH]1)C(C)C. The Morgan fingerprint density at radius 1 is 0.646 bits per heavy atom. The fourth-order valence-corrected chi connectivity index (χ4v) is 11.4. The molecule has 2 aliphatic heterocycles. The number of rotatable bonds is 12. The van der Waals surface area contributed by atoms with Crippen molar-refractivity contribution in [1.82, 2.24) is 40.4 Å². The first-order chi connectivity index (χ1) is 31.6. The molecule has 7 aromatic rings. The highest BCUT2D eigenvalue weighted by molar-refractivity contribution is 7.27. The number of thiophene rings is 2. The molecule has 2 fully saturated rings. The molecule has 0 bridgehead atoms. The molecular weight excluding hydrogens is 861 g/mol. The lowest BCUT2D eigenvalue weighted by molar-refractivity contribution is -0.135. The molecule has 1 unspecified atom stereocenters. The zero-order valence-electron chi connectivity index (χ0n) is 36.5. The monoisotopic (exact) mass is 910 g/mol. The number of amides is 4. The molecule has 0 aliphatic carbocycles. The maximum absolute atomic E-state index is 14.0. The first-order valence-electron chi connectivity index (χ1n) is 21.8. The van der Waals surface area contributed by atoms with Gasteiger partial charge in [-0.1, -0.05) is 92.7 Å². The van der Waals surface area contributed by atoms with E-state index >= 15 is 0 Å². The summed E-state index contributed by atoms with van der Waals surface area (Å²) in [6.07, 6.45) is 5.57. The first-order valence-corrected chi connectivity index (χ1v) is 23.5. The lowest BCUT2D eigenvalue weighted by atomic mass is 10.0. The average molecular weight is 911 g/mol. The number of likely N-dealkylation sites (tertiary alicyclic amines) is 2. The second-order valence-corrected chi connectivity index (χ2v) is 18.5. The van der Waals surface area contributed by atoms with Crippen LogP contribution in [0.5, 0.6) is 0 Å². The van der Waals surface area contributed by atoms with Gasteiger partial charge in [-0.25, -0.2) is 19.6 Å². The number of alkyl carbamates (subject to hydrolysis) is 2. The number of hydrogen-bond acceptors (Lipinski definition) is 10. The van der Waals surface area contributed by atoms with Gasteiger partial charge in [0, 0.05) is 35.0 Å². The van der Waals surface area contributed by atoms with E-state index in [1.54, 1.807) is 27.6 Å². The molecule has 4 atom stereocenters. The lowest BCUT2D eigenvalue weighted by Crippen LogP contribution is -2.51. The molecule has 2 aliphatic rings. The van der Waals surface area contributed by atoms with Gasteiger partial charge in [-0.15, -0.1) is 22.7 Å². The van der Waals surface area contributed by atoms with Gasteiger partial charge in [-0.05, 0) is 59.4 Å². The van der Waals surface area contributed by atoms with Crippen molar-refractivity contribution in [3.63, 3.8) is 0 Å². The van der Waals surface area contributed by atoms with Gasteiger partial charge in [0.05, 0.1) is 59.5 Å². The van der Waals surface area contributed by atoms with E-state index in [4.69, 9.17) is 19.4 Å². The molecule has 4 amide bonds. The second-order valence-electron chi connectivity index (χ2n) is 16.7. The number of ether oxygens (including phenoxy) is 2. The summed E-state index contributed by atoms with van der Waals surface area (Å²) in [4.78, 5) is 71.9. The van der Waals surface area contributed by atoms with E-state index in [0.717, 1.165) is 65.1 Å². The molecule has 16 heteroatoms. The Morgan fingerprint density at radius 3 is 1.58 bits per heavy atom. The van der Waals surface area contributed by atoms with Gasteiger partial charge >= 0.3 is 12.2 Å². The summed E-state index contributed by atoms with van der Waals surface area (Å²) in [5, 5.41) is 9.89. The van der Waals surface area contributed by atoms with Crippen LogP contribution in [0.4, 0.5) is 9.59 Å². The smallest absolute Gasteiger partial charge is 0.407 e. The van der Waals surface area contributed by atoms with Crippen LogP contribution in [0.15, 0.2) is 102 Å². The van der Waals surface area contributed by atoms with Crippen molar-refractivity contribution < 1.29 is 28.7 Å². The summed E-state index contributed by atoms with van der Waals surface area (Å²) >= 11 is 3.49. The minimum Gasteiger partial charge on any atom is -0.453 e. The molecule has 2 saturated heterocycles. The van der Waals surface area contributed by atoms with E-state index < -0.39 is 24.3 Å². The summed E-state index contributed by atoms with van der Waals surface area (Å²) in [7, 11) is 2.58. The maximum Gasteiger partial charge on any atom is 0.407 e. The van der Waals surface area contributed by atoms with Crippen LogP contribution < -0.4 is 10.6 Å². The molecule has 65 heavy (non-hydrogen) atoms. The number of fused-ring (bicyclic) bond motifs is 1. The third-order valence-electron chi connectivity index (χ3n) is 12.4. The number of imidazole rings is 2. The number of carbonyl (C=O) groups excluding carboxylic acids is 4. The Morgan fingerprint density at radius 2 is 1.11 bits per heavy atom. The lowest BCUT2D eigenvalue weighted by Gasteiger charge is -2.30. The summed E-state index contributed by atoms with van der Waals surface area (Å²) in [6, 6.07) is 24.1. The van der Waals surface area contributed by atoms with Crippen molar-refractivity contribution in [3.05, 3.63) is 119 Å². The van der Waals surface area contributed by atoms with Crippen molar-refractivity contribution in [2.24, 2.45) is 5.92 Å². The van der Waals surface area contributed by atoms with Gasteiger partial charge in [0.2, 0.25) is 5.91 Å². The Hall–Kier alpha value is -6.78. The fourth-order valence-electron chi connectivity index (χ4n) is 8.97. The topological polar surface area (TPSA) is 175 Å². The Kier molecular flexibility index (Phi) is 12.5. The van der Waals surface area contributed by atoms with Crippen molar-refractivity contribution in [3.8, 4) is 44.8 Å². The first kappa shape index (κ1) is 43.5. The van der Waals surface area contributed by atoms with Gasteiger partial charge in [0.15, 0.2) is 0 Å². The highest BCUT2D eigenvalue weighted by atomic mass is 32.1. The number of nitrogens with one attached hydrogen (secondary N) is 4. The zero-order valence-corrected chi connectivity index (χ0v) is 38.1. The van der Waals surface area contributed by atoms with Crippen LogP contribution in [-0.2, 0) is 19.1 Å². The van der Waals surface area contributed by atoms with Gasteiger partial charge in [-0.3, -0.25) is 9.59 Å². The van der Waals surface area contributed by atoms with Crippen LogP contribution in [0, 0.1) is 5.92 Å². The van der Waals surface area contributed by atoms with Crippen LogP contribution in [0.1, 0.15) is 74.9 Å². The number of methoxy groups -OCH3 is 2. The Balaban J connectivity index is 0.869. The quantitative estimate of drug-likeness (QED) is 0.0937. The van der Waals surface area contributed by atoms with Gasteiger partial charge in [-0.2, -0.15) is 0 Å². The number of carbonyl (C=O) groups is 4.